The Morgan fingerprint density at radius 2 is 2.47 bits per heavy atom. The van der Waals surface area contributed by atoms with Crippen molar-refractivity contribution < 1.29 is 5.11 Å². The van der Waals surface area contributed by atoms with Crippen LogP contribution in [0.1, 0.15) is 18.9 Å². The topological polar surface area (TPSA) is 110 Å². The summed E-state index contributed by atoms with van der Waals surface area (Å²) < 4.78 is 1.88. The fourth-order valence-electron chi connectivity index (χ4n) is 2.23. The van der Waals surface area contributed by atoms with Gasteiger partial charge >= 0.3 is 0 Å². The number of rotatable bonds is 3. The van der Waals surface area contributed by atoms with Crippen molar-refractivity contribution in [2.75, 3.05) is 12.3 Å². The Kier molecular flexibility index (Phi) is 2.15. The van der Waals surface area contributed by atoms with Crippen molar-refractivity contribution in [2.24, 2.45) is 5.92 Å². The van der Waals surface area contributed by atoms with E-state index in [1.807, 2.05) is 4.57 Å². The van der Waals surface area contributed by atoms with Gasteiger partial charge in [-0.15, -0.1) is 0 Å². The number of H-pyrrole nitrogens is 1. The first-order valence-corrected chi connectivity index (χ1v) is 5.54. The highest BCUT2D eigenvalue weighted by Crippen LogP contribution is 2.46. The molecule has 1 aliphatic carbocycles. The summed E-state index contributed by atoms with van der Waals surface area (Å²) >= 11 is 0. The lowest BCUT2D eigenvalue weighted by atomic mass is 10.3. The quantitative estimate of drug-likeness (QED) is 0.673. The van der Waals surface area contributed by atoms with E-state index in [1.54, 1.807) is 6.33 Å². The number of aliphatic hydroxyl groups excluding tert-OH is 1. The number of nitrogen functional groups attached to an aromatic ring is 1. The molecule has 0 aromatic carbocycles. The average molecular weight is 235 g/mol. The molecule has 2 heterocycles. The zero-order valence-corrected chi connectivity index (χ0v) is 9.13. The zero-order chi connectivity index (χ0) is 12.0. The Balaban J connectivity index is 2.04. The summed E-state index contributed by atoms with van der Waals surface area (Å²) in [6, 6.07) is 0.279. The third-order valence-electron chi connectivity index (χ3n) is 3.19. The Bertz CT molecular complexity index is 617. The number of nitrogens with two attached hydrogens (primary N) is 1. The van der Waals surface area contributed by atoms with Gasteiger partial charge in [-0.2, -0.15) is 4.98 Å². The summed E-state index contributed by atoms with van der Waals surface area (Å²) in [5.41, 5.74) is 6.04. The van der Waals surface area contributed by atoms with Crippen LogP contribution in [-0.2, 0) is 0 Å². The van der Waals surface area contributed by atoms with Gasteiger partial charge in [-0.3, -0.25) is 9.78 Å². The Labute approximate surface area is 96.3 Å². The summed E-state index contributed by atoms with van der Waals surface area (Å²) in [5.74, 6) is 0.545. The van der Waals surface area contributed by atoms with Gasteiger partial charge < -0.3 is 15.4 Å². The number of aliphatic hydroxyl groups is 1. The number of nitrogens with zero attached hydrogens (tertiary/aromatic N) is 3. The lowest BCUT2D eigenvalue weighted by molar-refractivity contribution is 0.277. The predicted molar refractivity (Wildman–Crippen MR) is 61.4 cm³/mol. The van der Waals surface area contributed by atoms with E-state index in [0.717, 1.165) is 12.8 Å². The van der Waals surface area contributed by atoms with Crippen molar-refractivity contribution in [1.82, 2.24) is 19.5 Å². The van der Waals surface area contributed by atoms with Crippen LogP contribution in [0, 0.1) is 5.92 Å². The van der Waals surface area contributed by atoms with Gasteiger partial charge in [0.1, 0.15) is 0 Å². The van der Waals surface area contributed by atoms with Crippen LogP contribution >= 0.6 is 0 Å². The highest BCUT2D eigenvalue weighted by molar-refractivity contribution is 5.70. The summed E-state index contributed by atoms with van der Waals surface area (Å²) in [7, 11) is 0. The molecule has 2 atom stereocenters. The van der Waals surface area contributed by atoms with E-state index in [1.165, 1.54) is 0 Å². The van der Waals surface area contributed by atoms with Crippen molar-refractivity contribution in [2.45, 2.75) is 18.9 Å². The normalized spacial score (nSPS) is 23.1. The number of fused-ring (bicyclic) bond motifs is 1. The maximum Gasteiger partial charge on any atom is 0.280 e. The number of hydrogen-bond acceptors (Lipinski definition) is 5. The second-order valence-electron chi connectivity index (χ2n) is 4.35. The molecule has 0 amide bonds. The molecule has 17 heavy (non-hydrogen) atoms. The van der Waals surface area contributed by atoms with E-state index in [2.05, 4.69) is 15.0 Å². The molecule has 4 N–H and O–H groups in total. The van der Waals surface area contributed by atoms with E-state index < -0.39 is 0 Å². The third kappa shape index (κ3) is 1.59. The first-order chi connectivity index (χ1) is 8.20. The fourth-order valence-corrected chi connectivity index (χ4v) is 2.23. The molecule has 7 heteroatoms. The largest absolute Gasteiger partial charge is 0.396 e. The van der Waals surface area contributed by atoms with Crippen LogP contribution in [0.15, 0.2) is 11.1 Å². The van der Waals surface area contributed by atoms with Gasteiger partial charge in [-0.1, -0.05) is 0 Å². The average Bonchev–Trinajstić information content (AvgIpc) is 2.88. The number of imidazole rings is 1. The molecule has 0 spiro atoms. The standard InChI is InChI=1S/C10H13N5O2/c11-10-13-8-7(9(17)14-10)12-4-15(8)6-3-5(6)1-2-16/h4-6,16H,1-3H2,(H3,11,13,14,17). The summed E-state index contributed by atoms with van der Waals surface area (Å²) in [6.07, 6.45) is 3.37. The van der Waals surface area contributed by atoms with E-state index in [0.29, 0.717) is 17.1 Å². The lowest BCUT2D eigenvalue weighted by Gasteiger charge is -2.02. The van der Waals surface area contributed by atoms with Crippen LogP contribution in [0.3, 0.4) is 0 Å². The number of hydrogen-bond donors (Lipinski definition) is 3. The van der Waals surface area contributed by atoms with Crippen molar-refractivity contribution >= 4 is 17.1 Å². The molecule has 1 aliphatic rings. The zero-order valence-electron chi connectivity index (χ0n) is 9.13. The first-order valence-electron chi connectivity index (χ1n) is 5.54. The summed E-state index contributed by atoms with van der Waals surface area (Å²) in [5, 5.41) is 8.88. The maximum absolute atomic E-state index is 11.6. The Hall–Kier alpha value is -1.89. The second kappa shape index (κ2) is 3.56. The maximum atomic E-state index is 11.6. The molecule has 2 unspecified atom stereocenters. The SMILES string of the molecule is Nc1nc2c(ncn2C2CC2CCO)c(=O)[nH]1. The molecule has 90 valence electrons. The number of anilines is 1. The van der Waals surface area contributed by atoms with Gasteiger partial charge in [0.25, 0.3) is 5.56 Å². The predicted octanol–water partition coefficient (Wildman–Crippen LogP) is -0.355. The van der Waals surface area contributed by atoms with E-state index >= 15 is 0 Å². The van der Waals surface area contributed by atoms with Crippen LogP contribution < -0.4 is 11.3 Å². The highest BCUT2D eigenvalue weighted by atomic mass is 16.3. The van der Waals surface area contributed by atoms with Crippen molar-refractivity contribution in [3.8, 4) is 0 Å². The van der Waals surface area contributed by atoms with Crippen LogP contribution in [0.5, 0.6) is 0 Å². The minimum atomic E-state index is -0.314. The van der Waals surface area contributed by atoms with Crippen LogP contribution in [0.25, 0.3) is 11.2 Å². The molecule has 7 nitrogen and oxygen atoms in total. The van der Waals surface area contributed by atoms with Crippen LogP contribution in [0.4, 0.5) is 5.95 Å². The summed E-state index contributed by atoms with van der Waals surface area (Å²) in [4.78, 5) is 22.2. The molecular weight excluding hydrogens is 222 g/mol. The number of aromatic amines is 1. The fraction of sp³-hybridized carbons (Fsp3) is 0.500. The van der Waals surface area contributed by atoms with Gasteiger partial charge in [-0.05, 0) is 18.8 Å². The van der Waals surface area contributed by atoms with E-state index in [9.17, 15) is 4.79 Å². The van der Waals surface area contributed by atoms with Gasteiger partial charge in [0.15, 0.2) is 11.2 Å². The van der Waals surface area contributed by atoms with E-state index in [-0.39, 0.29) is 24.2 Å². The van der Waals surface area contributed by atoms with Crippen molar-refractivity contribution in [1.29, 1.82) is 0 Å². The molecule has 0 bridgehead atoms. The Morgan fingerprint density at radius 3 is 3.24 bits per heavy atom. The monoisotopic (exact) mass is 235 g/mol. The molecular formula is C10H13N5O2. The second-order valence-corrected chi connectivity index (χ2v) is 4.35. The number of aromatic nitrogens is 4. The molecule has 1 saturated carbocycles. The first kappa shape index (κ1) is 10.3. The van der Waals surface area contributed by atoms with Crippen molar-refractivity contribution in [3.05, 3.63) is 16.7 Å². The summed E-state index contributed by atoms with van der Waals surface area (Å²) in [6.45, 7) is 0.184. The molecule has 2 aromatic heterocycles. The highest BCUT2D eigenvalue weighted by Gasteiger charge is 2.39. The lowest BCUT2D eigenvalue weighted by Crippen LogP contribution is -2.12. The van der Waals surface area contributed by atoms with Crippen LogP contribution in [-0.4, -0.2) is 31.2 Å². The molecule has 1 fully saturated rings. The molecule has 0 radical (unpaired) electrons. The molecule has 0 saturated heterocycles. The number of nitrogens with one attached hydrogen (secondary N) is 1. The molecule has 3 rings (SSSR count). The smallest absolute Gasteiger partial charge is 0.280 e. The minimum Gasteiger partial charge on any atom is -0.396 e. The van der Waals surface area contributed by atoms with E-state index in [4.69, 9.17) is 10.8 Å². The third-order valence-corrected chi connectivity index (χ3v) is 3.19. The van der Waals surface area contributed by atoms with Crippen LogP contribution in [0.2, 0.25) is 0 Å². The van der Waals surface area contributed by atoms with Gasteiger partial charge in [0.05, 0.1) is 6.33 Å². The van der Waals surface area contributed by atoms with Gasteiger partial charge in [0.2, 0.25) is 5.95 Å². The molecule has 0 aliphatic heterocycles. The van der Waals surface area contributed by atoms with Gasteiger partial charge in [-0.25, -0.2) is 4.98 Å². The van der Waals surface area contributed by atoms with Gasteiger partial charge in [0, 0.05) is 12.6 Å². The van der Waals surface area contributed by atoms with Crippen molar-refractivity contribution in [3.63, 3.8) is 0 Å². The minimum absolute atomic E-state index is 0.101. The molecule has 2 aromatic rings. The Morgan fingerprint density at radius 1 is 1.65 bits per heavy atom.